The molecule has 0 aliphatic rings. The zero-order chi connectivity index (χ0) is 0. The van der Waals surface area contributed by atoms with Gasteiger partial charge in [-0.3, -0.25) is 0 Å². The minimum atomic E-state index is 0. The van der Waals surface area contributed by atoms with Crippen LogP contribution in [0.1, 0.15) is 0 Å². The first kappa shape index (κ1) is 402. The Balaban J connectivity index is 0. The molecule has 11 heteroatoms. The molecule has 0 saturated carbocycles. The molecular formula is O7Pd2V2. The van der Waals surface area contributed by atoms with E-state index in [1.54, 1.807) is 0 Å². The molecular weight excluding hydrogens is 427 g/mol. The normalized spacial score (nSPS) is 0. The molecule has 0 aliphatic carbocycles. The minimum Gasteiger partial charge on any atom is -2.00 e. The summed E-state index contributed by atoms with van der Waals surface area (Å²) in [7, 11) is 0. The first-order valence-corrected chi connectivity index (χ1v) is 0. The zero-order valence-corrected chi connectivity index (χ0v) is 10.3. The van der Waals surface area contributed by atoms with Gasteiger partial charge in [0.25, 0.3) is 0 Å². The van der Waals surface area contributed by atoms with E-state index < -0.39 is 0 Å². The Morgan fingerprint density at radius 3 is 0.273 bits per heavy atom. The van der Waals surface area contributed by atoms with E-state index in [1.807, 2.05) is 0 Å². The van der Waals surface area contributed by atoms with Crippen molar-refractivity contribution in [1.82, 2.24) is 0 Å². The van der Waals surface area contributed by atoms with Gasteiger partial charge in [-0.05, 0) is 0 Å². The van der Waals surface area contributed by atoms with Gasteiger partial charge in [0, 0.05) is 0 Å². The van der Waals surface area contributed by atoms with Crippen LogP contribution in [-0.4, -0.2) is 0 Å². The molecule has 0 aromatic carbocycles. The second kappa shape index (κ2) is 313. The molecule has 11 heavy (non-hydrogen) atoms. The summed E-state index contributed by atoms with van der Waals surface area (Å²) < 4.78 is 0. The van der Waals surface area contributed by atoms with Crippen LogP contribution in [0, 0.1) is 0 Å². The topological polar surface area (TPSA) is 200 Å². The second-order valence-corrected chi connectivity index (χ2v) is 0. The van der Waals surface area contributed by atoms with Gasteiger partial charge < -0.3 is 38.3 Å². The summed E-state index contributed by atoms with van der Waals surface area (Å²) in [6.07, 6.45) is 0. The van der Waals surface area contributed by atoms with Crippen molar-refractivity contribution in [2.24, 2.45) is 0 Å². The van der Waals surface area contributed by atoms with E-state index >= 15 is 0 Å². The van der Waals surface area contributed by atoms with Gasteiger partial charge in [-0.15, -0.1) is 0 Å². The standard InChI is InChI=1S/7O.2Pd.2V/q7*-2;2*+2;2*+5. The first-order chi connectivity index (χ1) is 0. The maximum Gasteiger partial charge on any atom is 5.00 e. The third-order valence-electron chi connectivity index (χ3n) is 0. The van der Waals surface area contributed by atoms with Crippen molar-refractivity contribution in [3.8, 4) is 0 Å². The number of hydrogen-bond acceptors (Lipinski definition) is 0. The maximum absolute atomic E-state index is 0. The Labute approximate surface area is 115 Å². The monoisotopic (exact) mass is 426 g/mol. The summed E-state index contributed by atoms with van der Waals surface area (Å²) >= 11 is 0. The van der Waals surface area contributed by atoms with Crippen LogP contribution in [0.15, 0.2) is 0 Å². The summed E-state index contributed by atoms with van der Waals surface area (Å²) in [6, 6.07) is 0. The van der Waals surface area contributed by atoms with Crippen molar-refractivity contribution >= 4 is 0 Å². The van der Waals surface area contributed by atoms with Gasteiger partial charge in [-0.2, -0.15) is 0 Å². The van der Waals surface area contributed by atoms with Crippen LogP contribution in [-0.2, 0) is 116 Å². The van der Waals surface area contributed by atoms with Crippen molar-refractivity contribution in [1.29, 1.82) is 0 Å². The Hall–Kier alpha value is 2.21. The molecule has 0 radical (unpaired) electrons. The molecule has 72 valence electrons. The fraction of sp³-hybridized carbons (Fsp3) is 0. The molecule has 0 bridgehead atoms. The van der Waals surface area contributed by atoms with E-state index in [-0.39, 0.29) is 116 Å². The van der Waals surface area contributed by atoms with E-state index in [4.69, 9.17) is 0 Å². The predicted molar refractivity (Wildman–Crippen MR) is 4.81 cm³/mol. The van der Waals surface area contributed by atoms with Crippen LogP contribution < -0.4 is 0 Å². The molecule has 0 spiro atoms. The van der Waals surface area contributed by atoms with E-state index in [1.165, 1.54) is 0 Å². The fourth-order valence-corrected chi connectivity index (χ4v) is 0. The molecule has 7 nitrogen and oxygen atoms in total. The van der Waals surface area contributed by atoms with E-state index in [0.717, 1.165) is 0 Å². The Morgan fingerprint density at radius 2 is 0.273 bits per heavy atom. The van der Waals surface area contributed by atoms with Gasteiger partial charge in [0.15, 0.2) is 0 Å². The summed E-state index contributed by atoms with van der Waals surface area (Å²) in [4.78, 5) is 0. The molecule has 0 unspecified atom stereocenters. The average molecular weight is 427 g/mol. The van der Waals surface area contributed by atoms with E-state index in [9.17, 15) is 0 Å². The SMILES string of the molecule is [O-2].[O-2].[O-2].[O-2].[O-2].[O-2].[O-2].[Pd+2].[Pd+2].[V+5].[V+5]. The second-order valence-electron chi connectivity index (χ2n) is 0. The Kier molecular flexibility index (Phi) is 11500. The first-order valence-electron chi connectivity index (χ1n) is 0. The van der Waals surface area contributed by atoms with Crippen LogP contribution >= 0.6 is 0 Å². The average Bonchev–Trinajstić information content (AvgIpc) is 0. The van der Waals surface area contributed by atoms with Crippen LogP contribution in [0.4, 0.5) is 0 Å². The van der Waals surface area contributed by atoms with Gasteiger partial charge >= 0.3 is 78.0 Å². The maximum atomic E-state index is 0. The van der Waals surface area contributed by atoms with Crippen molar-refractivity contribution < 1.29 is 116 Å². The third-order valence-corrected chi connectivity index (χ3v) is 0. The number of hydrogen-bond donors (Lipinski definition) is 0. The van der Waals surface area contributed by atoms with Crippen molar-refractivity contribution in [3.63, 3.8) is 0 Å². The molecule has 0 N–H and O–H groups in total. The molecule has 0 rings (SSSR count). The molecule has 0 aromatic rings. The molecule has 0 saturated heterocycles. The van der Waals surface area contributed by atoms with Crippen molar-refractivity contribution in [3.05, 3.63) is 0 Å². The van der Waals surface area contributed by atoms with Crippen molar-refractivity contribution in [2.75, 3.05) is 0 Å². The van der Waals surface area contributed by atoms with Crippen LogP contribution in [0.25, 0.3) is 0 Å². The van der Waals surface area contributed by atoms with E-state index in [0.29, 0.717) is 0 Å². The third kappa shape index (κ3) is 260. The summed E-state index contributed by atoms with van der Waals surface area (Å²) in [5.74, 6) is 0. The number of rotatable bonds is 0. The van der Waals surface area contributed by atoms with Crippen LogP contribution in [0.3, 0.4) is 0 Å². The van der Waals surface area contributed by atoms with Crippen LogP contribution in [0.2, 0.25) is 0 Å². The largest absolute Gasteiger partial charge is 5.00 e. The molecule has 0 aromatic heterocycles. The Morgan fingerprint density at radius 1 is 0.273 bits per heavy atom. The minimum absolute atomic E-state index is 0. The van der Waals surface area contributed by atoms with Crippen LogP contribution in [0.5, 0.6) is 0 Å². The quantitative estimate of drug-likeness (QED) is 0.435. The van der Waals surface area contributed by atoms with Gasteiger partial charge in [0.05, 0.1) is 0 Å². The van der Waals surface area contributed by atoms with Gasteiger partial charge in [0.1, 0.15) is 0 Å². The summed E-state index contributed by atoms with van der Waals surface area (Å²) in [6.45, 7) is 0. The smallest absolute Gasteiger partial charge is 2.00 e. The molecule has 0 fully saturated rings. The van der Waals surface area contributed by atoms with Gasteiger partial charge in [0.2, 0.25) is 0 Å². The summed E-state index contributed by atoms with van der Waals surface area (Å²) in [5, 5.41) is 0. The van der Waals surface area contributed by atoms with Crippen molar-refractivity contribution in [2.45, 2.75) is 0 Å². The van der Waals surface area contributed by atoms with Gasteiger partial charge in [-0.25, -0.2) is 0 Å². The Bertz CT molecular complexity index is 14.4. The fourth-order valence-electron chi connectivity index (χ4n) is 0. The summed E-state index contributed by atoms with van der Waals surface area (Å²) in [5.41, 5.74) is 0. The molecule has 0 heterocycles. The van der Waals surface area contributed by atoms with Gasteiger partial charge in [-0.1, -0.05) is 0 Å². The predicted octanol–water partition coefficient (Wildman–Crippen LogP) is -0.842. The molecule has 0 aliphatic heterocycles. The molecule has 0 atom stereocenters. The molecule has 0 amide bonds. The van der Waals surface area contributed by atoms with E-state index in [2.05, 4.69) is 0 Å². The zero-order valence-electron chi connectivity index (χ0n) is 4.38.